The van der Waals surface area contributed by atoms with E-state index in [4.69, 9.17) is 4.74 Å². The Labute approximate surface area is 208 Å². The summed E-state index contributed by atoms with van der Waals surface area (Å²) < 4.78 is 86.7. The van der Waals surface area contributed by atoms with Gasteiger partial charge in [-0.1, -0.05) is 24.3 Å². The number of nitrogens with one attached hydrogen (secondary N) is 1. The maximum atomic E-state index is 13.9. The van der Waals surface area contributed by atoms with Gasteiger partial charge in [-0.05, 0) is 43.2 Å². The average Bonchev–Trinajstić information content (AvgIpc) is 3.14. The summed E-state index contributed by atoms with van der Waals surface area (Å²) in [6.45, 7) is 2.87. The zero-order valence-corrected chi connectivity index (χ0v) is 20.2. The zero-order chi connectivity index (χ0) is 27.7. The third kappa shape index (κ3) is 6.12. The van der Waals surface area contributed by atoms with Crippen LogP contribution < -0.4 is 10.1 Å². The molecular formula is C25H23F6N3O3. The molecule has 198 valence electrons. The Morgan fingerprint density at radius 1 is 1.05 bits per heavy atom. The normalized spacial score (nSPS) is 12.8. The molecule has 0 aliphatic heterocycles. The first-order valence-corrected chi connectivity index (χ1v) is 10.9. The molecule has 12 heteroatoms. The van der Waals surface area contributed by atoms with Gasteiger partial charge >= 0.3 is 12.4 Å². The minimum Gasteiger partial charge on any atom is -0.496 e. The van der Waals surface area contributed by atoms with Crippen LogP contribution in [0.5, 0.6) is 5.75 Å². The van der Waals surface area contributed by atoms with Crippen molar-refractivity contribution in [1.29, 1.82) is 0 Å². The number of halogens is 6. The van der Waals surface area contributed by atoms with Crippen LogP contribution in [0.25, 0.3) is 0 Å². The summed E-state index contributed by atoms with van der Waals surface area (Å²) in [7, 11) is 2.35. The second-order valence-electron chi connectivity index (χ2n) is 8.38. The van der Waals surface area contributed by atoms with Crippen molar-refractivity contribution in [3.8, 4) is 5.75 Å². The highest BCUT2D eigenvalue weighted by molar-refractivity contribution is 5.98. The van der Waals surface area contributed by atoms with Crippen LogP contribution in [-0.4, -0.2) is 28.6 Å². The monoisotopic (exact) mass is 527 g/mol. The number of alkyl halides is 6. The smallest absolute Gasteiger partial charge is 0.433 e. The number of methoxy groups -OCH3 is 1. The first-order chi connectivity index (χ1) is 17.1. The Morgan fingerprint density at radius 2 is 1.73 bits per heavy atom. The second-order valence-corrected chi connectivity index (χ2v) is 8.38. The molecule has 3 aromatic rings. The number of aryl methyl sites for hydroxylation is 1. The Hall–Kier alpha value is -3.83. The van der Waals surface area contributed by atoms with Gasteiger partial charge in [0.2, 0.25) is 0 Å². The predicted octanol–water partition coefficient (Wildman–Crippen LogP) is 5.75. The van der Waals surface area contributed by atoms with Crippen LogP contribution in [0.2, 0.25) is 0 Å². The van der Waals surface area contributed by atoms with Crippen molar-refractivity contribution in [3.63, 3.8) is 0 Å². The molecule has 0 aliphatic rings. The van der Waals surface area contributed by atoms with E-state index in [1.165, 1.54) is 45.2 Å². The number of carbonyl (C=O) groups is 2. The number of Topliss-reactive ketones (excluding diaryl/α,β-unsaturated/α-hetero) is 1. The molecule has 0 saturated heterocycles. The van der Waals surface area contributed by atoms with Gasteiger partial charge < -0.3 is 10.1 Å². The van der Waals surface area contributed by atoms with Crippen molar-refractivity contribution >= 4 is 11.7 Å². The molecule has 0 saturated carbocycles. The van der Waals surface area contributed by atoms with Crippen LogP contribution in [0.15, 0.2) is 42.5 Å². The topological polar surface area (TPSA) is 73.2 Å². The van der Waals surface area contributed by atoms with Gasteiger partial charge in [0, 0.05) is 13.5 Å². The molecule has 1 atom stereocenters. The zero-order valence-electron chi connectivity index (χ0n) is 20.2. The van der Waals surface area contributed by atoms with E-state index in [-0.39, 0.29) is 22.8 Å². The van der Waals surface area contributed by atoms with E-state index in [9.17, 15) is 35.9 Å². The third-order valence-corrected chi connectivity index (χ3v) is 5.69. The number of benzene rings is 2. The lowest BCUT2D eigenvalue weighted by Crippen LogP contribution is -2.30. The van der Waals surface area contributed by atoms with Crippen LogP contribution in [0.4, 0.5) is 26.3 Å². The summed E-state index contributed by atoms with van der Waals surface area (Å²) in [5.41, 5.74) is -2.64. The molecule has 0 spiro atoms. The molecule has 0 radical (unpaired) electrons. The molecular weight excluding hydrogens is 504 g/mol. The first kappa shape index (κ1) is 27.8. The number of hydrogen-bond acceptors (Lipinski definition) is 4. The highest BCUT2D eigenvalue weighted by Gasteiger charge is 2.41. The lowest BCUT2D eigenvalue weighted by molar-refractivity contribution is -0.144. The number of rotatable bonds is 7. The molecule has 1 amide bonds. The van der Waals surface area contributed by atoms with Crippen LogP contribution in [0, 0.1) is 0 Å². The number of ketones is 1. The lowest BCUT2D eigenvalue weighted by atomic mass is 10.0. The van der Waals surface area contributed by atoms with E-state index in [0.29, 0.717) is 15.8 Å². The number of aromatic nitrogens is 2. The molecule has 2 aromatic carbocycles. The fraction of sp³-hybridized carbons (Fsp3) is 0.320. The summed E-state index contributed by atoms with van der Waals surface area (Å²) in [6.07, 6.45) is -10.0. The van der Waals surface area contributed by atoms with E-state index in [2.05, 4.69) is 10.4 Å². The number of carbonyl (C=O) groups excluding carboxylic acids is 2. The highest BCUT2D eigenvalue weighted by Crippen LogP contribution is 2.35. The van der Waals surface area contributed by atoms with Crippen LogP contribution >= 0.6 is 0 Å². The van der Waals surface area contributed by atoms with E-state index in [0.717, 1.165) is 25.2 Å². The summed E-state index contributed by atoms with van der Waals surface area (Å²) in [4.78, 5) is 24.9. The van der Waals surface area contributed by atoms with E-state index >= 15 is 0 Å². The van der Waals surface area contributed by atoms with Crippen molar-refractivity contribution in [2.75, 3.05) is 7.11 Å². The van der Waals surface area contributed by atoms with Crippen molar-refractivity contribution in [1.82, 2.24) is 15.1 Å². The molecule has 1 N–H and O–H groups in total. The van der Waals surface area contributed by atoms with Crippen molar-refractivity contribution in [3.05, 3.63) is 81.7 Å². The molecule has 1 unspecified atom stereocenters. The summed E-state index contributed by atoms with van der Waals surface area (Å²) >= 11 is 0. The minimum absolute atomic E-state index is 0.0355. The Bertz CT molecular complexity index is 1330. The lowest BCUT2D eigenvalue weighted by Gasteiger charge is -2.18. The van der Waals surface area contributed by atoms with Gasteiger partial charge in [0.25, 0.3) is 5.91 Å². The van der Waals surface area contributed by atoms with Gasteiger partial charge in [0.05, 0.1) is 35.5 Å². The molecule has 1 aromatic heterocycles. The Kier molecular flexibility index (Phi) is 7.70. The van der Waals surface area contributed by atoms with E-state index in [1.54, 1.807) is 0 Å². The van der Waals surface area contributed by atoms with Crippen molar-refractivity contribution in [2.24, 2.45) is 7.05 Å². The Balaban J connectivity index is 1.99. The molecule has 0 bridgehead atoms. The molecule has 3 rings (SSSR count). The molecule has 1 heterocycles. The summed E-state index contributed by atoms with van der Waals surface area (Å²) in [5.74, 6) is -1.14. The third-order valence-electron chi connectivity index (χ3n) is 5.69. The van der Waals surface area contributed by atoms with Gasteiger partial charge in [-0.2, -0.15) is 31.4 Å². The second kappa shape index (κ2) is 10.3. The SMILES string of the molecule is COc1cc(C(C)NC(=O)c2c(Cc3cccc(C(F)(F)F)c3)nn(C)c2C(F)(F)F)ccc1C(C)=O. The Morgan fingerprint density at radius 3 is 2.30 bits per heavy atom. The van der Waals surface area contributed by atoms with Crippen molar-refractivity contribution in [2.45, 2.75) is 38.7 Å². The van der Waals surface area contributed by atoms with E-state index < -0.39 is 47.5 Å². The van der Waals surface area contributed by atoms with Gasteiger partial charge in [-0.15, -0.1) is 0 Å². The van der Waals surface area contributed by atoms with Gasteiger partial charge in [-0.3, -0.25) is 14.3 Å². The molecule has 37 heavy (non-hydrogen) atoms. The fourth-order valence-corrected chi connectivity index (χ4v) is 3.94. The predicted molar refractivity (Wildman–Crippen MR) is 121 cm³/mol. The van der Waals surface area contributed by atoms with Gasteiger partial charge in [-0.25, -0.2) is 0 Å². The van der Waals surface area contributed by atoms with Crippen molar-refractivity contribution < 1.29 is 40.7 Å². The average molecular weight is 527 g/mol. The van der Waals surface area contributed by atoms with E-state index in [1.807, 2.05) is 0 Å². The summed E-state index contributed by atoms with van der Waals surface area (Å²) in [6, 6.07) is 7.75. The highest BCUT2D eigenvalue weighted by atomic mass is 19.4. The quantitative estimate of drug-likeness (QED) is 0.314. The van der Waals surface area contributed by atoms with Crippen LogP contribution in [0.3, 0.4) is 0 Å². The first-order valence-electron chi connectivity index (χ1n) is 10.9. The molecule has 6 nitrogen and oxygen atoms in total. The van der Waals surface area contributed by atoms with Gasteiger partial charge in [0.15, 0.2) is 11.5 Å². The summed E-state index contributed by atoms with van der Waals surface area (Å²) in [5, 5.41) is 6.31. The molecule has 0 aliphatic carbocycles. The number of hydrogen-bond donors (Lipinski definition) is 1. The number of amides is 1. The van der Waals surface area contributed by atoms with Crippen LogP contribution in [0.1, 0.15) is 68.7 Å². The minimum atomic E-state index is -4.96. The largest absolute Gasteiger partial charge is 0.496 e. The molecule has 0 fully saturated rings. The fourth-order valence-electron chi connectivity index (χ4n) is 3.94. The number of ether oxygens (including phenoxy) is 1. The van der Waals surface area contributed by atoms with Crippen LogP contribution in [-0.2, 0) is 25.8 Å². The number of nitrogens with zero attached hydrogens (tertiary/aromatic N) is 2. The maximum absolute atomic E-state index is 13.9. The maximum Gasteiger partial charge on any atom is 0.433 e. The van der Waals surface area contributed by atoms with Gasteiger partial charge in [0.1, 0.15) is 5.75 Å². The standard InChI is InChI=1S/C25H23F6N3O3/c1-13(16-8-9-18(14(2)35)20(12-16)37-4)32-23(36)21-19(33-34(3)22(21)25(29,30)31)11-15-6-5-7-17(10-15)24(26,27)28/h5-10,12-13H,11H2,1-4H3,(H,32,36).